The highest BCUT2D eigenvalue weighted by molar-refractivity contribution is 6.08. The highest BCUT2D eigenvalue weighted by atomic mass is 16.2. The number of hydrogen-bond acceptors (Lipinski definition) is 4. The molecule has 0 saturated carbocycles. The molecule has 0 radical (unpaired) electrons. The van der Waals surface area contributed by atoms with Crippen molar-refractivity contribution in [1.82, 2.24) is 14.7 Å². The number of hydrogen-bond donors (Lipinski definition) is 1. The lowest BCUT2D eigenvalue weighted by molar-refractivity contribution is -0.126. The number of carbonyl (C=O) groups is 2. The van der Waals surface area contributed by atoms with E-state index >= 15 is 0 Å². The molecule has 2 aliphatic rings. The molecule has 4 rings (SSSR count). The zero-order valence-electron chi connectivity index (χ0n) is 15.1. The highest BCUT2D eigenvalue weighted by Crippen LogP contribution is 2.46. The molecule has 0 aliphatic carbocycles. The minimum absolute atomic E-state index is 0.104. The Kier molecular flexibility index (Phi) is 4.03. The molecule has 26 heavy (non-hydrogen) atoms. The second kappa shape index (κ2) is 6.25. The van der Waals surface area contributed by atoms with Crippen LogP contribution in [0.1, 0.15) is 18.4 Å². The third kappa shape index (κ3) is 2.68. The van der Waals surface area contributed by atoms with Gasteiger partial charge >= 0.3 is 0 Å². The van der Waals surface area contributed by atoms with Crippen molar-refractivity contribution in [2.75, 3.05) is 36.9 Å². The Morgan fingerprint density at radius 3 is 2.85 bits per heavy atom. The molecule has 3 heterocycles. The lowest BCUT2D eigenvalue weighted by atomic mass is 9.75. The number of rotatable bonds is 3. The molecule has 7 heteroatoms. The second-order valence-electron chi connectivity index (χ2n) is 7.20. The van der Waals surface area contributed by atoms with E-state index in [0.29, 0.717) is 12.4 Å². The molecule has 1 saturated heterocycles. The van der Waals surface area contributed by atoms with Gasteiger partial charge in [0.2, 0.25) is 11.8 Å². The van der Waals surface area contributed by atoms with Crippen molar-refractivity contribution in [3.05, 3.63) is 42.1 Å². The van der Waals surface area contributed by atoms with Gasteiger partial charge < -0.3 is 10.2 Å². The molecule has 0 bridgehead atoms. The highest BCUT2D eigenvalue weighted by Gasteiger charge is 2.51. The summed E-state index contributed by atoms with van der Waals surface area (Å²) in [5.74, 6) is 0.576. The van der Waals surface area contributed by atoms with Crippen LogP contribution in [0, 0.1) is 0 Å². The van der Waals surface area contributed by atoms with Gasteiger partial charge in [-0.25, -0.2) is 0 Å². The molecule has 1 aromatic carbocycles. The first-order chi connectivity index (χ1) is 12.5. The van der Waals surface area contributed by atoms with Crippen LogP contribution in [-0.2, 0) is 22.1 Å². The predicted octanol–water partition coefficient (Wildman–Crippen LogP) is 1.37. The average molecular weight is 353 g/mol. The van der Waals surface area contributed by atoms with Gasteiger partial charge in [0, 0.05) is 38.6 Å². The third-order valence-electron chi connectivity index (χ3n) is 5.41. The maximum Gasteiger partial charge on any atom is 0.239 e. The third-order valence-corrected chi connectivity index (χ3v) is 5.41. The summed E-state index contributed by atoms with van der Waals surface area (Å²) in [7, 11) is 3.65. The fourth-order valence-electron chi connectivity index (χ4n) is 4.26. The lowest BCUT2D eigenvalue weighted by Crippen LogP contribution is -2.52. The van der Waals surface area contributed by atoms with Gasteiger partial charge in [-0.2, -0.15) is 5.10 Å². The Morgan fingerprint density at radius 2 is 2.08 bits per heavy atom. The summed E-state index contributed by atoms with van der Waals surface area (Å²) in [4.78, 5) is 29.3. The van der Waals surface area contributed by atoms with Crippen molar-refractivity contribution in [2.24, 2.45) is 7.05 Å². The Morgan fingerprint density at radius 1 is 1.27 bits per heavy atom. The van der Waals surface area contributed by atoms with Crippen LogP contribution in [0.25, 0.3) is 0 Å². The van der Waals surface area contributed by atoms with Crippen molar-refractivity contribution >= 4 is 23.3 Å². The van der Waals surface area contributed by atoms with E-state index in [0.717, 1.165) is 30.6 Å². The number of aryl methyl sites for hydroxylation is 1. The summed E-state index contributed by atoms with van der Waals surface area (Å²) in [6.07, 6.45) is 3.51. The number of carbonyl (C=O) groups excluding carboxylic acids is 2. The molecule has 2 aromatic rings. The van der Waals surface area contributed by atoms with Gasteiger partial charge in [0.1, 0.15) is 0 Å². The number of likely N-dealkylation sites (tertiary alicyclic amines) is 1. The van der Waals surface area contributed by atoms with Crippen LogP contribution in [0.4, 0.5) is 11.5 Å². The van der Waals surface area contributed by atoms with Crippen LogP contribution in [0.5, 0.6) is 0 Å². The van der Waals surface area contributed by atoms with Gasteiger partial charge in [0.25, 0.3) is 0 Å². The zero-order valence-corrected chi connectivity index (χ0v) is 15.1. The van der Waals surface area contributed by atoms with Gasteiger partial charge in [-0.15, -0.1) is 0 Å². The van der Waals surface area contributed by atoms with Gasteiger partial charge in [-0.1, -0.05) is 18.2 Å². The summed E-state index contributed by atoms with van der Waals surface area (Å²) >= 11 is 0. The van der Waals surface area contributed by atoms with E-state index in [-0.39, 0.29) is 18.4 Å². The van der Waals surface area contributed by atoms with E-state index in [1.165, 1.54) is 0 Å². The lowest BCUT2D eigenvalue weighted by Gasteiger charge is -2.39. The number of fused-ring (bicyclic) bond motifs is 2. The Labute approximate surface area is 152 Å². The number of likely N-dealkylation sites (N-methyl/N-ethyl adjacent to an activating group) is 1. The molecule has 1 atom stereocenters. The summed E-state index contributed by atoms with van der Waals surface area (Å²) < 4.78 is 1.65. The molecule has 136 valence electrons. The van der Waals surface area contributed by atoms with Crippen LogP contribution >= 0.6 is 0 Å². The maximum absolute atomic E-state index is 13.1. The SMILES string of the molecule is CN1C(=O)[C@@]2(CCCN(CC(=O)Nc3ccn(C)n3)C2)c2ccccc21. The Bertz CT molecular complexity index is 861. The Balaban J connectivity index is 1.51. The molecule has 2 aliphatic heterocycles. The molecular weight excluding hydrogens is 330 g/mol. The molecule has 1 fully saturated rings. The molecule has 1 aromatic heterocycles. The topological polar surface area (TPSA) is 70.5 Å². The zero-order chi connectivity index (χ0) is 18.3. The number of para-hydroxylation sites is 1. The van der Waals surface area contributed by atoms with Crippen molar-refractivity contribution in [3.8, 4) is 0 Å². The summed E-state index contributed by atoms with van der Waals surface area (Å²) in [6.45, 7) is 1.65. The molecular formula is C19H23N5O2. The standard InChI is InChI=1S/C19H23N5O2/c1-22-11-8-16(21-22)20-17(25)12-24-10-5-9-19(13-24)14-6-3-4-7-15(14)23(2)18(19)26/h3-4,6-8,11H,5,9-10,12-13H2,1-2H3,(H,20,21,25)/t19-/m1/s1. The quantitative estimate of drug-likeness (QED) is 0.905. The van der Waals surface area contributed by atoms with Gasteiger partial charge in [0.05, 0.1) is 12.0 Å². The monoisotopic (exact) mass is 353 g/mol. The van der Waals surface area contributed by atoms with E-state index in [2.05, 4.69) is 15.3 Å². The molecule has 1 spiro atoms. The van der Waals surface area contributed by atoms with Crippen LogP contribution in [0.15, 0.2) is 36.5 Å². The first-order valence-electron chi connectivity index (χ1n) is 8.89. The number of amides is 2. The molecule has 0 unspecified atom stereocenters. The number of benzene rings is 1. The first-order valence-corrected chi connectivity index (χ1v) is 8.89. The van der Waals surface area contributed by atoms with Crippen molar-refractivity contribution < 1.29 is 9.59 Å². The number of nitrogens with one attached hydrogen (secondary N) is 1. The summed E-state index contributed by atoms with van der Waals surface area (Å²) in [5.41, 5.74) is 1.54. The van der Waals surface area contributed by atoms with Crippen molar-refractivity contribution in [3.63, 3.8) is 0 Å². The van der Waals surface area contributed by atoms with Crippen LogP contribution in [-0.4, -0.2) is 53.2 Å². The summed E-state index contributed by atoms with van der Waals surface area (Å²) in [6, 6.07) is 9.76. The minimum atomic E-state index is -0.533. The maximum atomic E-state index is 13.1. The smallest absolute Gasteiger partial charge is 0.239 e. The van der Waals surface area contributed by atoms with Crippen molar-refractivity contribution in [1.29, 1.82) is 0 Å². The largest absolute Gasteiger partial charge is 0.314 e. The fourth-order valence-corrected chi connectivity index (χ4v) is 4.26. The summed E-state index contributed by atoms with van der Waals surface area (Å²) in [5, 5.41) is 6.99. The number of aromatic nitrogens is 2. The number of anilines is 2. The first kappa shape index (κ1) is 16.8. The second-order valence-corrected chi connectivity index (χ2v) is 7.20. The number of nitrogens with zero attached hydrogens (tertiary/aromatic N) is 4. The van der Waals surface area contributed by atoms with Crippen LogP contribution in [0.3, 0.4) is 0 Å². The van der Waals surface area contributed by atoms with E-state index in [4.69, 9.17) is 0 Å². The minimum Gasteiger partial charge on any atom is -0.314 e. The predicted molar refractivity (Wildman–Crippen MR) is 99.0 cm³/mol. The molecule has 1 N–H and O–H groups in total. The average Bonchev–Trinajstić information content (AvgIpc) is 3.12. The Hall–Kier alpha value is -2.67. The van der Waals surface area contributed by atoms with Crippen molar-refractivity contribution in [2.45, 2.75) is 18.3 Å². The van der Waals surface area contributed by atoms with Gasteiger partial charge in [-0.3, -0.25) is 19.2 Å². The normalized spacial score (nSPS) is 22.7. The van der Waals surface area contributed by atoms with Gasteiger partial charge in [-0.05, 0) is 31.0 Å². The van der Waals surface area contributed by atoms with E-state index in [1.807, 2.05) is 38.4 Å². The van der Waals surface area contributed by atoms with E-state index in [9.17, 15) is 9.59 Å². The molecule has 7 nitrogen and oxygen atoms in total. The van der Waals surface area contributed by atoms with Crippen LogP contribution < -0.4 is 10.2 Å². The van der Waals surface area contributed by atoms with E-state index in [1.54, 1.807) is 21.8 Å². The molecule has 2 amide bonds. The van der Waals surface area contributed by atoms with Crippen LogP contribution in [0.2, 0.25) is 0 Å². The fraction of sp³-hybridized carbons (Fsp3) is 0.421. The van der Waals surface area contributed by atoms with Gasteiger partial charge in [0.15, 0.2) is 5.82 Å². The van der Waals surface area contributed by atoms with E-state index < -0.39 is 5.41 Å². The number of piperidine rings is 1.